The van der Waals surface area contributed by atoms with E-state index in [0.717, 1.165) is 102 Å². The van der Waals surface area contributed by atoms with E-state index >= 15 is 4.39 Å². The van der Waals surface area contributed by atoms with E-state index in [1.165, 1.54) is 22.1 Å². The van der Waals surface area contributed by atoms with Gasteiger partial charge >= 0.3 is 0 Å². The molecule has 0 saturated carbocycles. The quantitative estimate of drug-likeness (QED) is 0.0707. The molecule has 0 spiro atoms. The highest BCUT2D eigenvalue weighted by Crippen LogP contribution is 2.42. The fourth-order valence-electron chi connectivity index (χ4n) is 10.4. The average Bonchev–Trinajstić information content (AvgIpc) is 3.95. The SMILES string of the molecule is CCn1cc(-c2cc(Nc3ncc(Br)c(Nc4ccc5ccccc5c4P(C)C)n3)c(OC)cc2N2CCN(CCC3CCN(c4cc5c(cc4F)C(=O)N(C4CCC(=O)NC4=O)C5=O)CC3)CC2)cn1. The first-order chi connectivity index (χ1) is 34.4. The number of hydrogen-bond acceptors (Lipinski definition) is 13. The molecule has 2 aromatic heterocycles. The molecule has 1 atom stereocenters. The first kappa shape index (κ1) is 48.2. The Labute approximate surface area is 421 Å². The van der Waals surface area contributed by atoms with Gasteiger partial charge in [-0.2, -0.15) is 10.1 Å². The van der Waals surface area contributed by atoms with Crippen molar-refractivity contribution in [1.82, 2.24) is 34.9 Å². The molecule has 0 aliphatic carbocycles. The van der Waals surface area contributed by atoms with E-state index in [-0.39, 0.29) is 29.7 Å². The van der Waals surface area contributed by atoms with E-state index in [1.54, 1.807) is 13.3 Å². The summed E-state index contributed by atoms with van der Waals surface area (Å²) in [4.78, 5) is 68.3. The van der Waals surface area contributed by atoms with Crippen LogP contribution in [0.3, 0.4) is 0 Å². The van der Waals surface area contributed by atoms with Crippen LogP contribution >= 0.6 is 23.9 Å². The Bertz CT molecular complexity index is 3060. The number of benzene rings is 4. The first-order valence-corrected chi connectivity index (χ1v) is 27.2. The number of nitrogens with one attached hydrogen (secondary N) is 3. The van der Waals surface area contributed by atoms with Crippen LogP contribution in [0, 0.1) is 11.7 Å². The zero-order valence-corrected chi connectivity index (χ0v) is 42.7. The van der Waals surface area contributed by atoms with Crippen molar-refractivity contribution >= 4 is 98.1 Å². The molecule has 6 heterocycles. The predicted molar refractivity (Wildman–Crippen MR) is 280 cm³/mol. The fraction of sp³-hybridized carbons (Fsp3) is 0.365. The molecule has 4 aromatic carbocycles. The highest BCUT2D eigenvalue weighted by Gasteiger charge is 2.45. The number of imide groups is 2. The van der Waals surface area contributed by atoms with Crippen LogP contribution in [0.2, 0.25) is 0 Å². The van der Waals surface area contributed by atoms with Gasteiger partial charge in [-0.3, -0.25) is 39.0 Å². The molecule has 0 radical (unpaired) electrons. The number of carbonyl (C=O) groups is 4. The Morgan fingerprint density at radius 2 is 1.59 bits per heavy atom. The smallest absolute Gasteiger partial charge is 0.262 e. The van der Waals surface area contributed by atoms with Gasteiger partial charge in [0.25, 0.3) is 11.8 Å². The number of piperidine rings is 2. The van der Waals surface area contributed by atoms with E-state index in [4.69, 9.17) is 9.72 Å². The van der Waals surface area contributed by atoms with Crippen molar-refractivity contribution in [3.8, 4) is 16.9 Å². The van der Waals surface area contributed by atoms with Crippen LogP contribution in [-0.4, -0.2) is 125 Å². The summed E-state index contributed by atoms with van der Waals surface area (Å²) in [7, 11) is 1.24. The van der Waals surface area contributed by atoms with Gasteiger partial charge in [-0.15, -0.1) is 0 Å². The van der Waals surface area contributed by atoms with Crippen LogP contribution in [0.5, 0.6) is 5.75 Å². The molecule has 71 heavy (non-hydrogen) atoms. The maximum Gasteiger partial charge on any atom is 0.262 e. The number of piperazine rings is 1. The van der Waals surface area contributed by atoms with Crippen LogP contribution < -0.4 is 35.8 Å². The number of nitrogens with zero attached hydrogens (tertiary/aromatic N) is 8. The van der Waals surface area contributed by atoms with Crippen LogP contribution in [0.15, 0.2) is 83.7 Å². The molecule has 4 aliphatic rings. The molecule has 4 aliphatic heterocycles. The number of rotatable bonds is 14. The molecule has 0 bridgehead atoms. The minimum absolute atomic E-state index is 0.0185. The molecule has 4 amide bonds. The monoisotopic (exact) mass is 1040 g/mol. The molecule has 3 saturated heterocycles. The topological polar surface area (TPSA) is 170 Å². The number of aryl methyl sites for hydroxylation is 1. The van der Waals surface area contributed by atoms with Gasteiger partial charge in [0.2, 0.25) is 17.8 Å². The average molecular weight is 1040 g/mol. The normalized spacial score (nSPS) is 17.9. The Morgan fingerprint density at radius 3 is 2.31 bits per heavy atom. The lowest BCUT2D eigenvalue weighted by atomic mass is 9.92. The van der Waals surface area contributed by atoms with Crippen molar-refractivity contribution < 1.29 is 28.3 Å². The van der Waals surface area contributed by atoms with E-state index in [9.17, 15) is 19.2 Å². The van der Waals surface area contributed by atoms with Crippen molar-refractivity contribution in [1.29, 1.82) is 0 Å². The van der Waals surface area contributed by atoms with Crippen molar-refractivity contribution in [2.75, 3.05) is 86.7 Å². The number of carbonyl (C=O) groups excluding carboxylic acids is 4. The number of anilines is 6. The summed E-state index contributed by atoms with van der Waals surface area (Å²) in [6.07, 6.45) is 8.55. The van der Waals surface area contributed by atoms with Gasteiger partial charge < -0.3 is 25.2 Å². The lowest BCUT2D eigenvalue weighted by molar-refractivity contribution is -0.136. The number of aromatic nitrogens is 4. The van der Waals surface area contributed by atoms with E-state index in [1.807, 2.05) is 15.8 Å². The van der Waals surface area contributed by atoms with Crippen molar-refractivity contribution in [2.24, 2.45) is 5.92 Å². The van der Waals surface area contributed by atoms with Crippen LogP contribution in [0.1, 0.15) is 59.7 Å². The second-order valence-corrected chi connectivity index (χ2v) is 21.8. The number of fused-ring (bicyclic) bond motifs is 2. The third-order valence-corrected chi connectivity index (χ3v) is 16.2. The highest BCUT2D eigenvalue weighted by molar-refractivity contribution is 9.10. The second kappa shape index (κ2) is 20.3. The zero-order valence-electron chi connectivity index (χ0n) is 40.2. The van der Waals surface area contributed by atoms with Gasteiger partial charge in [0, 0.05) is 98.5 Å². The fourth-order valence-corrected chi connectivity index (χ4v) is 12.0. The molecule has 6 aromatic rings. The number of hydrogen-bond donors (Lipinski definition) is 3. The summed E-state index contributed by atoms with van der Waals surface area (Å²) in [6.45, 7) is 13.0. The lowest BCUT2D eigenvalue weighted by Crippen LogP contribution is -2.54. The Hall–Kier alpha value is -6.49. The van der Waals surface area contributed by atoms with Gasteiger partial charge in [-0.05, 0) is 109 Å². The number of ether oxygens (including phenoxy) is 1. The lowest BCUT2D eigenvalue weighted by Gasteiger charge is -2.39. The van der Waals surface area contributed by atoms with Crippen LogP contribution in [0.25, 0.3) is 21.9 Å². The molecule has 3 N–H and O–H groups in total. The van der Waals surface area contributed by atoms with E-state index in [2.05, 4.69) is 127 Å². The molecule has 3 fully saturated rings. The Balaban J connectivity index is 0.786. The maximum atomic E-state index is 15.6. The minimum Gasteiger partial charge on any atom is -0.494 e. The van der Waals surface area contributed by atoms with Gasteiger partial charge in [0.05, 0.1) is 40.3 Å². The van der Waals surface area contributed by atoms with Gasteiger partial charge in [0.1, 0.15) is 23.4 Å². The summed E-state index contributed by atoms with van der Waals surface area (Å²) >= 11 is 3.69. The zero-order chi connectivity index (χ0) is 49.5. The number of halogens is 2. The Morgan fingerprint density at radius 1 is 0.845 bits per heavy atom. The Kier molecular flexibility index (Phi) is 13.8. The summed E-state index contributed by atoms with van der Waals surface area (Å²) in [5, 5.41) is 17.6. The summed E-state index contributed by atoms with van der Waals surface area (Å²) in [5.41, 5.74) is 5.13. The van der Waals surface area contributed by atoms with Crippen molar-refractivity contribution in [2.45, 2.75) is 51.6 Å². The third kappa shape index (κ3) is 9.69. The van der Waals surface area contributed by atoms with Gasteiger partial charge in [-0.25, -0.2) is 9.37 Å². The molecule has 10 rings (SSSR count). The highest BCUT2D eigenvalue weighted by atomic mass is 79.9. The summed E-state index contributed by atoms with van der Waals surface area (Å²) < 4.78 is 24.4. The second-order valence-electron chi connectivity index (χ2n) is 18.7. The third-order valence-electron chi connectivity index (χ3n) is 14.2. The predicted octanol–water partition coefficient (Wildman–Crippen LogP) is 8.11. The first-order valence-electron chi connectivity index (χ1n) is 24.1. The van der Waals surface area contributed by atoms with Crippen molar-refractivity contribution in [3.05, 3.63) is 101 Å². The van der Waals surface area contributed by atoms with E-state index < -0.39 is 43.4 Å². The van der Waals surface area contributed by atoms with Gasteiger partial charge in [0.15, 0.2) is 0 Å². The maximum absolute atomic E-state index is 15.6. The molecular weight excluding hydrogens is 989 g/mol. The molecule has 19 heteroatoms. The number of amides is 4. The van der Waals surface area contributed by atoms with Crippen LogP contribution in [0.4, 0.5) is 38.9 Å². The number of methoxy groups -OCH3 is 1. The molecule has 16 nitrogen and oxygen atoms in total. The van der Waals surface area contributed by atoms with Gasteiger partial charge in [-0.1, -0.05) is 38.3 Å². The minimum atomic E-state index is -1.10. The van der Waals surface area contributed by atoms with E-state index in [0.29, 0.717) is 36.5 Å². The molecule has 368 valence electrons. The van der Waals surface area contributed by atoms with Crippen molar-refractivity contribution in [3.63, 3.8) is 0 Å². The standard InChI is InChI=1S/C52H56BrFN11O5P/c1-5-64-30-33(28-56-64)35-25-41(58-52-55-29-38(53)48(60-52)57-40-11-10-32-8-6-7-9-34(32)47(40)71(3)4)45(70-2)27-43(35)63-22-20-61(21-23-63)17-14-31-15-18-62(19-16-31)44-26-37-36(24-39(44)54)50(68)65(51(37)69)42-12-13-46(66)59-49(42)67/h6-11,24-31,42H,5,12-23H2,1-4H3,(H,59,66,67)(H2,55,57,58,60). The summed E-state index contributed by atoms with van der Waals surface area (Å²) in [6, 6.07) is 18.4. The van der Waals surface area contributed by atoms with Crippen LogP contribution in [-0.2, 0) is 16.1 Å². The summed E-state index contributed by atoms with van der Waals surface area (Å²) in [5.74, 6) is -0.889. The molecule has 1 unspecified atom stereocenters. The largest absolute Gasteiger partial charge is 0.494 e. The molecular formula is C52H56BrFN11O5P.